The first-order chi connectivity index (χ1) is 13.5. The lowest BCUT2D eigenvalue weighted by Gasteiger charge is -2.38. The minimum atomic E-state index is -1.83. The summed E-state index contributed by atoms with van der Waals surface area (Å²) in [4.78, 5) is 14.2. The maximum atomic E-state index is 12.5. The predicted molar refractivity (Wildman–Crippen MR) is 124 cm³/mol. The van der Waals surface area contributed by atoms with Crippen molar-refractivity contribution in [3.63, 3.8) is 0 Å². The van der Waals surface area contributed by atoms with Gasteiger partial charge in [0.1, 0.15) is 0 Å². The molecule has 1 unspecified atom stereocenters. The van der Waals surface area contributed by atoms with E-state index < -0.39 is 8.32 Å². The van der Waals surface area contributed by atoms with Gasteiger partial charge in [-0.05, 0) is 52.2 Å². The van der Waals surface area contributed by atoms with Gasteiger partial charge in [-0.3, -0.25) is 0 Å². The highest BCUT2D eigenvalue weighted by molar-refractivity contribution is 6.74. The largest absolute Gasteiger partial charge is 0.486 e. The Kier molecular flexibility index (Phi) is 7.60. The molecule has 6 nitrogen and oxygen atoms in total. The molecule has 2 aliphatic rings. The molecule has 8 heteroatoms. The van der Waals surface area contributed by atoms with Crippen molar-refractivity contribution in [3.05, 3.63) is 12.1 Å². The van der Waals surface area contributed by atoms with Gasteiger partial charge < -0.3 is 23.4 Å². The molecule has 2 fully saturated rings. The normalized spacial score (nSPS) is 25.2. The van der Waals surface area contributed by atoms with Crippen LogP contribution in [0.3, 0.4) is 0 Å². The van der Waals surface area contributed by atoms with Crippen LogP contribution in [0.5, 0.6) is 0 Å². The Morgan fingerprint density at radius 1 is 1.23 bits per heavy atom. The van der Waals surface area contributed by atoms with Crippen molar-refractivity contribution in [1.29, 1.82) is 0 Å². The van der Waals surface area contributed by atoms with E-state index in [1.807, 2.05) is 46.7 Å². The third-order valence-electron chi connectivity index (χ3n) is 7.01. The molecule has 0 radical (unpaired) electrons. The van der Waals surface area contributed by atoms with Gasteiger partial charge in [0.2, 0.25) is 0 Å². The zero-order valence-corrected chi connectivity index (χ0v) is 21.7. The minimum Gasteiger partial charge on any atom is -0.449 e. The van der Waals surface area contributed by atoms with Crippen molar-refractivity contribution >= 4 is 21.5 Å². The van der Waals surface area contributed by atoms with Crippen molar-refractivity contribution < 1.29 is 23.3 Å². The molecule has 0 saturated carbocycles. The van der Waals surface area contributed by atoms with Crippen LogP contribution < -0.4 is 0 Å². The van der Waals surface area contributed by atoms with Crippen LogP contribution in [0.25, 0.3) is 0 Å². The topological polar surface area (TPSA) is 57.2 Å². The van der Waals surface area contributed by atoms with Crippen molar-refractivity contribution in [2.75, 3.05) is 19.7 Å². The molecule has 2 heterocycles. The Hall–Kier alpha value is -0.828. The van der Waals surface area contributed by atoms with E-state index in [9.17, 15) is 4.79 Å². The van der Waals surface area contributed by atoms with Gasteiger partial charge in [-0.25, -0.2) is 4.79 Å². The molecule has 30 heavy (non-hydrogen) atoms. The number of ether oxygens (including phenoxy) is 1. The van der Waals surface area contributed by atoms with Gasteiger partial charge in [-0.2, -0.15) is 0 Å². The van der Waals surface area contributed by atoms with Gasteiger partial charge in [-0.15, -0.1) is 0 Å². The van der Waals surface area contributed by atoms with E-state index in [0.29, 0.717) is 19.7 Å². The van der Waals surface area contributed by atoms with Crippen molar-refractivity contribution in [3.8, 4) is 0 Å². The monoisotopic (exact) mass is 439 g/mol. The van der Waals surface area contributed by atoms with E-state index in [1.54, 1.807) is 4.90 Å². The van der Waals surface area contributed by atoms with E-state index >= 15 is 0 Å². The highest BCUT2D eigenvalue weighted by Crippen LogP contribution is 2.38. The highest BCUT2D eigenvalue weighted by atomic mass is 28.4. The Bertz CT molecular complexity index is 628. The van der Waals surface area contributed by atoms with Crippen molar-refractivity contribution in [2.24, 2.45) is 5.92 Å². The molecular weight excluding hydrogens is 397 g/mol. The van der Waals surface area contributed by atoms with E-state index in [-0.39, 0.29) is 41.5 Å². The first-order valence-corrected chi connectivity index (χ1v) is 14.1. The van der Waals surface area contributed by atoms with E-state index in [2.05, 4.69) is 33.9 Å². The maximum absolute atomic E-state index is 12.5. The van der Waals surface area contributed by atoms with Gasteiger partial charge in [0, 0.05) is 19.0 Å². The molecule has 2 saturated heterocycles. The summed E-state index contributed by atoms with van der Waals surface area (Å²) >= 11 is 0. The zero-order chi connectivity index (χ0) is 23.0. The second-order valence-corrected chi connectivity index (χ2v) is 16.1. The third kappa shape index (κ3) is 6.11. The number of nitrogens with zero attached hydrogens (tertiary/aromatic N) is 1. The third-order valence-corrected chi connectivity index (χ3v) is 11.5. The second-order valence-electron chi connectivity index (χ2n) is 11.3. The Morgan fingerprint density at radius 3 is 2.33 bits per heavy atom. The SMILES string of the molecule is C[C@H](/C=C/B1OC(C)(C)C(C)(C)O1)COC(=O)N1CCC(O[Si](C)(C)C(C)(C)C)C1. The Labute approximate surface area is 184 Å². The summed E-state index contributed by atoms with van der Waals surface area (Å²) in [5.74, 6) is 1.99. The molecule has 0 bridgehead atoms. The summed E-state index contributed by atoms with van der Waals surface area (Å²) in [5, 5.41) is 0.167. The van der Waals surface area contributed by atoms with Gasteiger partial charge in [-0.1, -0.05) is 39.7 Å². The van der Waals surface area contributed by atoms with Crippen LogP contribution >= 0.6 is 0 Å². The smallest absolute Gasteiger partial charge is 0.449 e. The number of hydrogen-bond donors (Lipinski definition) is 0. The lowest BCUT2D eigenvalue weighted by Crippen LogP contribution is -2.44. The molecule has 0 aromatic heterocycles. The number of hydrogen-bond acceptors (Lipinski definition) is 5. The number of likely N-dealkylation sites (tertiary alicyclic amines) is 1. The fourth-order valence-electron chi connectivity index (χ4n) is 3.18. The van der Waals surface area contributed by atoms with Gasteiger partial charge in [0.15, 0.2) is 8.32 Å². The van der Waals surface area contributed by atoms with Gasteiger partial charge >= 0.3 is 13.2 Å². The number of amides is 1. The summed E-state index contributed by atoms with van der Waals surface area (Å²) in [6, 6.07) is 0. The van der Waals surface area contributed by atoms with Gasteiger partial charge in [0.05, 0.1) is 23.9 Å². The molecule has 1 amide bonds. The predicted octanol–water partition coefficient (Wildman–Crippen LogP) is 5.04. The van der Waals surface area contributed by atoms with Crippen LogP contribution in [-0.4, -0.2) is 63.4 Å². The van der Waals surface area contributed by atoms with E-state index in [1.165, 1.54) is 0 Å². The van der Waals surface area contributed by atoms with Crippen LogP contribution in [0.1, 0.15) is 61.8 Å². The maximum Gasteiger partial charge on any atom is 0.486 e. The number of carbonyl (C=O) groups is 1. The fraction of sp³-hybridized carbons (Fsp3) is 0.864. The Balaban J connectivity index is 1.76. The molecule has 2 atom stereocenters. The van der Waals surface area contributed by atoms with Crippen LogP contribution in [0, 0.1) is 5.92 Å². The lowest BCUT2D eigenvalue weighted by molar-refractivity contribution is 0.00578. The zero-order valence-electron chi connectivity index (χ0n) is 20.7. The van der Waals surface area contributed by atoms with Crippen molar-refractivity contribution in [2.45, 2.75) is 97.2 Å². The molecular formula is C22H42BNO5Si. The first-order valence-electron chi connectivity index (χ1n) is 11.2. The van der Waals surface area contributed by atoms with E-state index in [0.717, 1.165) is 6.42 Å². The molecule has 2 aliphatic heterocycles. The highest BCUT2D eigenvalue weighted by Gasteiger charge is 2.50. The summed E-state index contributed by atoms with van der Waals surface area (Å²) in [7, 11) is -2.20. The first kappa shape index (κ1) is 25.4. The molecule has 0 aliphatic carbocycles. The molecule has 2 rings (SSSR count). The summed E-state index contributed by atoms with van der Waals surface area (Å²) in [5.41, 5.74) is -0.701. The fourth-order valence-corrected chi connectivity index (χ4v) is 4.56. The summed E-state index contributed by atoms with van der Waals surface area (Å²) in [6.45, 7) is 23.0. The second kappa shape index (κ2) is 8.96. The quantitative estimate of drug-likeness (QED) is 0.543. The van der Waals surface area contributed by atoms with Crippen LogP contribution in [0.15, 0.2) is 12.1 Å². The molecule has 0 aromatic rings. The average molecular weight is 439 g/mol. The average Bonchev–Trinajstić information content (AvgIpc) is 3.11. The summed E-state index contributed by atoms with van der Waals surface area (Å²) in [6.07, 6.45) is 2.72. The molecule has 0 N–H and O–H groups in total. The lowest BCUT2D eigenvalue weighted by atomic mass is 9.88. The Morgan fingerprint density at radius 2 is 1.80 bits per heavy atom. The van der Waals surface area contributed by atoms with Crippen LogP contribution in [0.2, 0.25) is 18.1 Å². The molecule has 0 spiro atoms. The van der Waals surface area contributed by atoms with Crippen LogP contribution in [0.4, 0.5) is 4.79 Å². The van der Waals surface area contributed by atoms with E-state index in [4.69, 9.17) is 18.5 Å². The molecule has 0 aromatic carbocycles. The number of carbonyl (C=O) groups excluding carboxylic acids is 1. The minimum absolute atomic E-state index is 0.0786. The summed E-state index contributed by atoms with van der Waals surface area (Å²) < 4.78 is 23.9. The standard InChI is InChI=1S/C22H42BNO5Si/c1-17(11-13-23-28-21(5,6)22(7,8)29-23)16-26-19(25)24-14-12-18(15-24)27-30(9,10)20(2,3)4/h11,13,17-18H,12,14-16H2,1-10H3/b13-11+/t17-,18?/m1/s1. The van der Waals surface area contributed by atoms with Crippen LogP contribution in [-0.2, 0) is 18.5 Å². The molecule has 172 valence electrons. The number of rotatable bonds is 6. The van der Waals surface area contributed by atoms with Crippen molar-refractivity contribution in [1.82, 2.24) is 4.90 Å². The van der Waals surface area contributed by atoms with Gasteiger partial charge in [0.25, 0.3) is 0 Å².